The monoisotopic (exact) mass is 472 g/mol. The largest absolute Gasteiger partial charge is 0.454 e. The lowest BCUT2D eigenvalue weighted by molar-refractivity contribution is -0.124. The van der Waals surface area contributed by atoms with Crippen LogP contribution in [0.4, 0.5) is 5.69 Å². The van der Waals surface area contributed by atoms with Crippen molar-refractivity contribution in [3.8, 4) is 22.6 Å². The summed E-state index contributed by atoms with van der Waals surface area (Å²) in [4.78, 5) is 25.2. The zero-order valence-corrected chi connectivity index (χ0v) is 20.3. The van der Waals surface area contributed by atoms with E-state index >= 15 is 0 Å². The Bertz CT molecular complexity index is 1280. The molecule has 182 valence electrons. The standard InChI is InChI=1S/C29H30N2O4.H2/c1-18(2)27(32)30-16-20-5-7-21(8-6-20)24-15-23(10-4-19(24)3)31-28(33)29(12-13-29)22-9-11-25-26(14-22)35-17-34-25;/h4-11,14-15,18H,12-13,16-17H2,1-3H3,(H,30,32)(H,31,33);1H. The fourth-order valence-electron chi connectivity index (χ4n) is 4.42. The van der Waals surface area contributed by atoms with Crippen molar-refractivity contribution in [2.24, 2.45) is 5.92 Å². The predicted octanol–water partition coefficient (Wildman–Crippen LogP) is 5.58. The molecule has 3 aromatic carbocycles. The third-order valence-electron chi connectivity index (χ3n) is 6.86. The zero-order chi connectivity index (χ0) is 24.6. The third-order valence-corrected chi connectivity index (χ3v) is 6.86. The predicted molar refractivity (Wildman–Crippen MR) is 138 cm³/mol. The lowest BCUT2D eigenvalue weighted by atomic mass is 9.94. The molecular weight excluding hydrogens is 440 g/mol. The first-order valence-electron chi connectivity index (χ1n) is 12.0. The number of anilines is 1. The second-order valence-electron chi connectivity index (χ2n) is 9.70. The summed E-state index contributed by atoms with van der Waals surface area (Å²) in [6.45, 7) is 6.55. The van der Waals surface area contributed by atoms with Crippen LogP contribution in [0.25, 0.3) is 11.1 Å². The topological polar surface area (TPSA) is 76.7 Å². The van der Waals surface area contributed by atoms with E-state index in [2.05, 4.69) is 29.7 Å². The maximum absolute atomic E-state index is 13.3. The quantitative estimate of drug-likeness (QED) is 0.471. The lowest BCUT2D eigenvalue weighted by Crippen LogP contribution is -2.27. The summed E-state index contributed by atoms with van der Waals surface area (Å²) in [5.74, 6) is 1.44. The van der Waals surface area contributed by atoms with Crippen LogP contribution in [0.5, 0.6) is 11.5 Å². The number of amides is 2. The van der Waals surface area contributed by atoms with Gasteiger partial charge in [-0.25, -0.2) is 0 Å². The Morgan fingerprint density at radius 1 is 0.971 bits per heavy atom. The number of carbonyl (C=O) groups excluding carboxylic acids is 2. The second kappa shape index (κ2) is 9.10. The number of hydrogen-bond acceptors (Lipinski definition) is 4. The van der Waals surface area contributed by atoms with Gasteiger partial charge in [-0.15, -0.1) is 0 Å². The van der Waals surface area contributed by atoms with Crippen molar-refractivity contribution >= 4 is 17.5 Å². The molecule has 1 fully saturated rings. The summed E-state index contributed by atoms with van der Waals surface area (Å²) >= 11 is 0. The van der Waals surface area contributed by atoms with Crippen LogP contribution < -0.4 is 20.1 Å². The normalized spacial score (nSPS) is 15.1. The van der Waals surface area contributed by atoms with Crippen molar-refractivity contribution in [1.82, 2.24) is 5.32 Å². The highest BCUT2D eigenvalue weighted by Crippen LogP contribution is 2.51. The minimum absolute atomic E-state index is 0. The van der Waals surface area contributed by atoms with Gasteiger partial charge in [0.2, 0.25) is 18.6 Å². The maximum atomic E-state index is 13.3. The molecular formula is C29H32N2O4. The van der Waals surface area contributed by atoms with Crippen molar-refractivity contribution in [1.29, 1.82) is 0 Å². The number of benzene rings is 3. The van der Waals surface area contributed by atoms with Crippen LogP contribution in [-0.4, -0.2) is 18.6 Å². The van der Waals surface area contributed by atoms with E-state index in [0.29, 0.717) is 12.3 Å². The van der Waals surface area contributed by atoms with Gasteiger partial charge in [-0.3, -0.25) is 9.59 Å². The van der Waals surface area contributed by atoms with Gasteiger partial charge >= 0.3 is 0 Å². The first kappa shape index (κ1) is 23.0. The van der Waals surface area contributed by atoms with E-state index in [4.69, 9.17) is 9.47 Å². The first-order valence-corrected chi connectivity index (χ1v) is 12.0. The highest BCUT2D eigenvalue weighted by molar-refractivity contribution is 6.02. The molecule has 1 heterocycles. The summed E-state index contributed by atoms with van der Waals surface area (Å²) in [5.41, 5.74) is 5.52. The van der Waals surface area contributed by atoms with E-state index in [1.165, 1.54) is 0 Å². The van der Waals surface area contributed by atoms with Crippen LogP contribution in [0.1, 0.15) is 44.8 Å². The van der Waals surface area contributed by atoms with Crippen LogP contribution in [0.3, 0.4) is 0 Å². The Kier molecular flexibility index (Phi) is 5.97. The van der Waals surface area contributed by atoms with Gasteiger partial charge in [-0.05, 0) is 71.8 Å². The number of ether oxygens (including phenoxy) is 2. The number of fused-ring (bicyclic) bond motifs is 1. The molecule has 3 aromatic rings. The van der Waals surface area contributed by atoms with Crippen molar-refractivity contribution in [2.75, 3.05) is 12.1 Å². The van der Waals surface area contributed by atoms with Gasteiger partial charge in [0, 0.05) is 19.6 Å². The van der Waals surface area contributed by atoms with Gasteiger partial charge in [0.05, 0.1) is 5.41 Å². The second-order valence-corrected chi connectivity index (χ2v) is 9.70. The molecule has 0 radical (unpaired) electrons. The molecule has 1 aliphatic carbocycles. The zero-order valence-electron chi connectivity index (χ0n) is 20.3. The molecule has 0 aromatic heterocycles. The van der Waals surface area contributed by atoms with E-state index < -0.39 is 5.41 Å². The Morgan fingerprint density at radius 2 is 1.71 bits per heavy atom. The van der Waals surface area contributed by atoms with Gasteiger partial charge in [-0.2, -0.15) is 0 Å². The molecule has 2 amide bonds. The Balaban J connectivity index is 0.00000304. The summed E-state index contributed by atoms with van der Waals surface area (Å²) in [7, 11) is 0. The van der Waals surface area contributed by atoms with E-state index in [-0.39, 0.29) is 26.0 Å². The summed E-state index contributed by atoms with van der Waals surface area (Å²) in [5, 5.41) is 6.09. The van der Waals surface area contributed by atoms with Crippen molar-refractivity contribution in [3.05, 3.63) is 77.4 Å². The molecule has 1 saturated carbocycles. The Labute approximate surface area is 207 Å². The number of aryl methyl sites for hydroxylation is 1. The van der Waals surface area contributed by atoms with Crippen molar-refractivity contribution in [3.63, 3.8) is 0 Å². The van der Waals surface area contributed by atoms with Gasteiger partial charge < -0.3 is 20.1 Å². The van der Waals surface area contributed by atoms with Crippen molar-refractivity contribution < 1.29 is 20.5 Å². The van der Waals surface area contributed by atoms with E-state index in [1.807, 2.05) is 62.4 Å². The smallest absolute Gasteiger partial charge is 0.235 e. The molecule has 0 spiro atoms. The molecule has 35 heavy (non-hydrogen) atoms. The minimum Gasteiger partial charge on any atom is -0.454 e. The van der Waals surface area contributed by atoms with E-state index in [1.54, 1.807) is 0 Å². The van der Waals surface area contributed by atoms with E-state index in [0.717, 1.165) is 52.1 Å². The molecule has 5 rings (SSSR count). The number of nitrogens with one attached hydrogen (secondary N) is 2. The average Bonchev–Trinajstić information content (AvgIpc) is 3.54. The fourth-order valence-corrected chi connectivity index (χ4v) is 4.42. The van der Waals surface area contributed by atoms with Crippen LogP contribution in [0.15, 0.2) is 60.7 Å². The lowest BCUT2D eigenvalue weighted by Gasteiger charge is -2.17. The molecule has 1 aliphatic heterocycles. The van der Waals surface area contributed by atoms with Gasteiger partial charge in [0.25, 0.3) is 0 Å². The molecule has 0 saturated heterocycles. The minimum atomic E-state index is -0.520. The van der Waals surface area contributed by atoms with Gasteiger partial charge in [-0.1, -0.05) is 50.2 Å². The molecule has 0 unspecified atom stereocenters. The molecule has 0 bridgehead atoms. The first-order chi connectivity index (χ1) is 16.9. The third kappa shape index (κ3) is 4.61. The highest BCUT2D eigenvalue weighted by Gasteiger charge is 2.51. The Morgan fingerprint density at radius 3 is 2.43 bits per heavy atom. The SMILES string of the molecule is Cc1ccc(NC(=O)C2(c3ccc4c(c3)OCO4)CC2)cc1-c1ccc(CNC(=O)C(C)C)cc1.[HH]. The maximum Gasteiger partial charge on any atom is 0.235 e. The average molecular weight is 473 g/mol. The van der Waals surface area contributed by atoms with Gasteiger partial charge in [0.15, 0.2) is 11.5 Å². The van der Waals surface area contributed by atoms with Crippen LogP contribution in [0, 0.1) is 12.8 Å². The molecule has 2 N–H and O–H groups in total. The van der Waals surface area contributed by atoms with Crippen molar-refractivity contribution in [2.45, 2.75) is 45.6 Å². The molecule has 6 heteroatoms. The van der Waals surface area contributed by atoms with Crippen LogP contribution >= 0.6 is 0 Å². The fraction of sp³-hybridized carbons (Fsp3) is 0.310. The molecule has 0 atom stereocenters. The summed E-state index contributed by atoms with van der Waals surface area (Å²) < 4.78 is 10.9. The van der Waals surface area contributed by atoms with Gasteiger partial charge in [0.1, 0.15) is 0 Å². The molecule has 6 nitrogen and oxygen atoms in total. The van der Waals surface area contributed by atoms with E-state index in [9.17, 15) is 9.59 Å². The number of hydrogen-bond donors (Lipinski definition) is 2. The van der Waals surface area contributed by atoms with Crippen LogP contribution in [-0.2, 0) is 21.5 Å². The summed E-state index contributed by atoms with van der Waals surface area (Å²) in [6.07, 6.45) is 1.62. The Hall–Kier alpha value is -3.80. The highest BCUT2D eigenvalue weighted by atomic mass is 16.7. The number of rotatable bonds is 7. The number of carbonyl (C=O) groups is 2. The summed E-state index contributed by atoms with van der Waals surface area (Å²) in [6, 6.07) is 19.9. The molecule has 2 aliphatic rings. The van der Waals surface area contributed by atoms with Crippen LogP contribution in [0.2, 0.25) is 0 Å².